The molecule has 0 saturated carbocycles. The van der Waals surface area contributed by atoms with Gasteiger partial charge < -0.3 is 14.8 Å². The maximum atomic E-state index is 13.5. The quantitative estimate of drug-likeness (QED) is 0.458. The minimum Gasteiger partial charge on any atom is -0.495 e. The second kappa shape index (κ2) is 12.9. The Hall–Kier alpha value is -2.93. The van der Waals surface area contributed by atoms with Gasteiger partial charge >= 0.3 is 0 Å². The third-order valence-electron chi connectivity index (χ3n) is 6.70. The van der Waals surface area contributed by atoms with Crippen molar-refractivity contribution >= 4 is 50.1 Å². The molecule has 1 atom stereocenters. The van der Waals surface area contributed by atoms with E-state index in [9.17, 15) is 18.0 Å². The van der Waals surface area contributed by atoms with Crippen molar-refractivity contribution in [2.45, 2.75) is 49.3 Å². The van der Waals surface area contributed by atoms with Gasteiger partial charge in [0.15, 0.2) is 5.17 Å². The first-order valence-electron chi connectivity index (χ1n) is 13.0. The number of nitrogens with zero attached hydrogens (tertiary/aromatic N) is 3. The zero-order valence-electron chi connectivity index (χ0n) is 22.3. The molecule has 2 aromatic carbocycles. The predicted molar refractivity (Wildman–Crippen MR) is 152 cm³/mol. The number of para-hydroxylation sites is 2. The zero-order chi connectivity index (χ0) is 28.0. The second-order valence-electron chi connectivity index (χ2n) is 9.14. The van der Waals surface area contributed by atoms with E-state index < -0.39 is 15.3 Å². The Balaban J connectivity index is 1.53. The SMILES string of the molecule is CCC(CC)N1C(=O)[C@@H](CC(=O)Nc2ccccc2OC)SC1=Nc1ccc(S(=O)(=O)N2CCOCC2)cc1. The number of aliphatic imine (C=N–C) groups is 1. The Morgan fingerprint density at radius 1 is 1.13 bits per heavy atom. The molecular weight excluding hydrogens is 540 g/mol. The molecule has 2 saturated heterocycles. The summed E-state index contributed by atoms with van der Waals surface area (Å²) in [6.07, 6.45) is 1.45. The number of hydrogen-bond donors (Lipinski definition) is 1. The Kier molecular flexibility index (Phi) is 9.65. The van der Waals surface area contributed by atoms with Gasteiger partial charge in [-0.05, 0) is 49.2 Å². The maximum absolute atomic E-state index is 13.5. The van der Waals surface area contributed by atoms with Gasteiger partial charge in [-0.2, -0.15) is 4.31 Å². The molecule has 2 aromatic rings. The van der Waals surface area contributed by atoms with Crippen LogP contribution in [0.25, 0.3) is 0 Å². The summed E-state index contributed by atoms with van der Waals surface area (Å²) in [5.41, 5.74) is 1.07. The number of amides is 2. The molecule has 0 radical (unpaired) electrons. The largest absolute Gasteiger partial charge is 0.495 e. The molecule has 39 heavy (non-hydrogen) atoms. The summed E-state index contributed by atoms with van der Waals surface area (Å²) in [5.74, 6) is 0.0825. The minimum atomic E-state index is -3.62. The van der Waals surface area contributed by atoms with Gasteiger partial charge in [-0.25, -0.2) is 13.4 Å². The summed E-state index contributed by atoms with van der Waals surface area (Å²) < 4.78 is 37.9. The van der Waals surface area contributed by atoms with Gasteiger partial charge in [0.1, 0.15) is 11.0 Å². The lowest BCUT2D eigenvalue weighted by molar-refractivity contribution is -0.129. The molecule has 0 bridgehead atoms. The highest BCUT2D eigenvalue weighted by Crippen LogP contribution is 2.35. The van der Waals surface area contributed by atoms with E-state index in [0.717, 1.165) is 12.8 Å². The number of morpholine rings is 1. The number of carbonyl (C=O) groups is 2. The molecule has 4 rings (SSSR count). The van der Waals surface area contributed by atoms with Crippen LogP contribution in [-0.2, 0) is 24.3 Å². The average Bonchev–Trinajstić information content (AvgIpc) is 3.24. The molecule has 2 amide bonds. The van der Waals surface area contributed by atoms with E-state index in [-0.39, 0.29) is 29.2 Å². The van der Waals surface area contributed by atoms with Gasteiger partial charge in [-0.3, -0.25) is 14.5 Å². The number of sulfonamides is 1. The number of thioether (sulfide) groups is 1. The Morgan fingerprint density at radius 3 is 2.44 bits per heavy atom. The Morgan fingerprint density at radius 2 is 1.79 bits per heavy atom. The topological polar surface area (TPSA) is 118 Å². The van der Waals surface area contributed by atoms with E-state index in [1.165, 1.54) is 35.3 Å². The molecule has 1 N–H and O–H groups in total. The van der Waals surface area contributed by atoms with Gasteiger partial charge in [0.05, 0.1) is 36.6 Å². The lowest BCUT2D eigenvalue weighted by Gasteiger charge is -2.26. The number of benzene rings is 2. The highest BCUT2D eigenvalue weighted by Gasteiger charge is 2.42. The summed E-state index contributed by atoms with van der Waals surface area (Å²) >= 11 is 1.26. The Bertz CT molecular complexity index is 1310. The summed E-state index contributed by atoms with van der Waals surface area (Å²) in [6.45, 7) is 5.41. The van der Waals surface area contributed by atoms with Crippen LogP contribution in [0, 0.1) is 0 Å². The van der Waals surface area contributed by atoms with Crippen LogP contribution in [0.4, 0.5) is 11.4 Å². The molecule has 0 spiro atoms. The van der Waals surface area contributed by atoms with Crippen LogP contribution < -0.4 is 10.1 Å². The van der Waals surface area contributed by atoms with Crippen LogP contribution in [-0.4, -0.2) is 79.3 Å². The van der Waals surface area contributed by atoms with Crippen LogP contribution in [0.5, 0.6) is 5.75 Å². The normalized spacial score (nSPS) is 19.6. The first-order chi connectivity index (χ1) is 18.8. The average molecular weight is 575 g/mol. The molecule has 0 aromatic heterocycles. The van der Waals surface area contributed by atoms with Gasteiger partial charge in [0, 0.05) is 25.6 Å². The van der Waals surface area contributed by atoms with E-state index in [2.05, 4.69) is 5.32 Å². The number of rotatable bonds is 10. The summed E-state index contributed by atoms with van der Waals surface area (Å²) in [7, 11) is -2.09. The van der Waals surface area contributed by atoms with E-state index in [0.29, 0.717) is 48.6 Å². The molecule has 2 heterocycles. The third kappa shape index (κ3) is 6.63. The number of nitrogens with one attached hydrogen (secondary N) is 1. The van der Waals surface area contributed by atoms with Crippen LogP contribution in [0.2, 0.25) is 0 Å². The molecule has 210 valence electrons. The molecular formula is C27H34N4O6S2. The van der Waals surface area contributed by atoms with Crippen molar-refractivity contribution in [2.24, 2.45) is 4.99 Å². The number of carbonyl (C=O) groups excluding carboxylic acids is 2. The Labute approximate surface area is 233 Å². The van der Waals surface area contributed by atoms with Crippen LogP contribution >= 0.6 is 11.8 Å². The predicted octanol–water partition coefficient (Wildman–Crippen LogP) is 3.87. The smallest absolute Gasteiger partial charge is 0.243 e. The van der Waals surface area contributed by atoms with E-state index in [1.807, 2.05) is 19.9 Å². The number of anilines is 1. The van der Waals surface area contributed by atoms with Crippen molar-refractivity contribution < 1.29 is 27.5 Å². The number of amidine groups is 1. The van der Waals surface area contributed by atoms with E-state index >= 15 is 0 Å². The standard InChI is InChI=1S/C27H34N4O6S2/c1-4-20(5-2)31-26(33)24(18-25(32)29-22-8-6-7-9-23(22)36-3)38-27(31)28-19-10-12-21(13-11-19)39(34,35)30-14-16-37-17-15-30/h6-13,20,24H,4-5,14-18H2,1-3H3,(H,29,32)/t24-/m1/s1. The minimum absolute atomic E-state index is 0.0199. The number of hydrogen-bond acceptors (Lipinski definition) is 8. The van der Waals surface area contributed by atoms with E-state index in [4.69, 9.17) is 14.5 Å². The molecule has 2 aliphatic heterocycles. The third-order valence-corrected chi connectivity index (χ3v) is 9.76. The summed E-state index contributed by atoms with van der Waals surface area (Å²) in [5, 5.41) is 2.72. The molecule has 2 fully saturated rings. The lowest BCUT2D eigenvalue weighted by Crippen LogP contribution is -2.41. The van der Waals surface area contributed by atoms with Crippen molar-refractivity contribution in [3.63, 3.8) is 0 Å². The van der Waals surface area contributed by atoms with Gasteiger partial charge in [-0.1, -0.05) is 37.7 Å². The van der Waals surface area contributed by atoms with Crippen LogP contribution in [0.1, 0.15) is 33.1 Å². The maximum Gasteiger partial charge on any atom is 0.243 e. The molecule has 2 aliphatic rings. The highest BCUT2D eigenvalue weighted by molar-refractivity contribution is 8.15. The molecule has 0 unspecified atom stereocenters. The number of methoxy groups -OCH3 is 1. The second-order valence-corrected chi connectivity index (χ2v) is 12.3. The van der Waals surface area contributed by atoms with Crippen molar-refractivity contribution in [2.75, 3.05) is 38.7 Å². The molecule has 12 heteroatoms. The van der Waals surface area contributed by atoms with Gasteiger partial charge in [0.25, 0.3) is 0 Å². The molecule has 0 aliphatic carbocycles. The van der Waals surface area contributed by atoms with Gasteiger partial charge in [-0.15, -0.1) is 0 Å². The van der Waals surface area contributed by atoms with Gasteiger partial charge in [0.2, 0.25) is 21.8 Å². The summed E-state index contributed by atoms with van der Waals surface area (Å²) in [6, 6.07) is 13.4. The van der Waals surface area contributed by atoms with Crippen LogP contribution in [0.3, 0.4) is 0 Å². The van der Waals surface area contributed by atoms with Crippen molar-refractivity contribution in [3.05, 3.63) is 48.5 Å². The lowest BCUT2D eigenvalue weighted by atomic mass is 10.1. The van der Waals surface area contributed by atoms with Crippen LogP contribution in [0.15, 0.2) is 58.4 Å². The van der Waals surface area contributed by atoms with Crippen molar-refractivity contribution in [1.82, 2.24) is 9.21 Å². The monoisotopic (exact) mass is 574 g/mol. The summed E-state index contributed by atoms with van der Waals surface area (Å²) in [4.78, 5) is 32.9. The fourth-order valence-electron chi connectivity index (χ4n) is 4.54. The van der Waals surface area contributed by atoms with E-state index in [1.54, 1.807) is 35.2 Å². The fourth-order valence-corrected chi connectivity index (χ4v) is 7.16. The van der Waals surface area contributed by atoms with Crippen molar-refractivity contribution in [1.29, 1.82) is 0 Å². The van der Waals surface area contributed by atoms with Crippen molar-refractivity contribution in [3.8, 4) is 5.75 Å². The molecule has 10 nitrogen and oxygen atoms in total. The first kappa shape index (κ1) is 29.1. The first-order valence-corrected chi connectivity index (χ1v) is 15.3. The highest BCUT2D eigenvalue weighted by atomic mass is 32.2. The number of ether oxygens (including phenoxy) is 2. The zero-order valence-corrected chi connectivity index (χ0v) is 24.0. The fraction of sp³-hybridized carbons (Fsp3) is 0.444.